The van der Waals surface area contributed by atoms with Gasteiger partial charge in [0.15, 0.2) is 0 Å². The van der Waals surface area contributed by atoms with Crippen molar-refractivity contribution in [2.45, 2.75) is 81.2 Å². The molecule has 2 unspecified atom stereocenters. The third-order valence-electron chi connectivity index (χ3n) is 8.90. The minimum atomic E-state index is -0.450. The Morgan fingerprint density at radius 3 is 2.24 bits per heavy atom. The molecular formula is C27H37N3O3. The van der Waals surface area contributed by atoms with E-state index in [1.165, 1.54) is 11.1 Å². The fourth-order valence-corrected chi connectivity index (χ4v) is 7.47. The lowest BCUT2D eigenvalue weighted by Crippen LogP contribution is -2.59. The summed E-state index contributed by atoms with van der Waals surface area (Å²) in [5.74, 6) is 0.622. The highest BCUT2D eigenvalue weighted by Crippen LogP contribution is 2.57. The van der Waals surface area contributed by atoms with Crippen molar-refractivity contribution in [3.63, 3.8) is 0 Å². The van der Waals surface area contributed by atoms with Gasteiger partial charge in [0.05, 0.1) is 0 Å². The molecule has 0 aromatic heterocycles. The highest BCUT2D eigenvalue weighted by molar-refractivity contribution is 5.79. The molecule has 6 heteroatoms. The highest BCUT2D eigenvalue weighted by Gasteiger charge is 2.51. The van der Waals surface area contributed by atoms with E-state index in [1.807, 2.05) is 4.90 Å². The zero-order chi connectivity index (χ0) is 23.3. The summed E-state index contributed by atoms with van der Waals surface area (Å²) in [6, 6.07) is 8.73. The van der Waals surface area contributed by atoms with Crippen molar-refractivity contribution in [2.24, 2.45) is 11.8 Å². The van der Waals surface area contributed by atoms with Crippen LogP contribution in [0.25, 0.3) is 0 Å². The van der Waals surface area contributed by atoms with Crippen LogP contribution in [0.5, 0.6) is 0 Å². The molecule has 6 nitrogen and oxygen atoms in total. The van der Waals surface area contributed by atoms with E-state index in [4.69, 9.17) is 4.74 Å². The fraction of sp³-hybridized carbons (Fsp3) is 0.704. The molecule has 2 saturated carbocycles. The predicted octanol–water partition coefficient (Wildman–Crippen LogP) is 3.92. The van der Waals surface area contributed by atoms with E-state index in [9.17, 15) is 11.0 Å². The number of rotatable bonds is 3. The minimum Gasteiger partial charge on any atom is -0.381 e. The van der Waals surface area contributed by atoms with E-state index in [0.29, 0.717) is 38.1 Å². The van der Waals surface area contributed by atoms with E-state index in [-0.39, 0.29) is 29.4 Å². The van der Waals surface area contributed by atoms with Gasteiger partial charge in [-0.2, -0.15) is 0 Å². The first-order valence-corrected chi connectivity index (χ1v) is 13.0. The third-order valence-corrected chi connectivity index (χ3v) is 8.90. The zero-order valence-corrected chi connectivity index (χ0v) is 19.5. The molecule has 0 radical (unpaired) electrons. The number of nitrogens with one attached hydrogen (secondary N) is 2. The van der Waals surface area contributed by atoms with E-state index in [0.717, 1.165) is 57.8 Å². The topological polar surface area (TPSA) is 70.7 Å². The smallest absolute Gasteiger partial charge is 0.315 e. The van der Waals surface area contributed by atoms with Gasteiger partial charge >= 0.3 is 6.03 Å². The van der Waals surface area contributed by atoms with Gasteiger partial charge in [0.2, 0.25) is 5.91 Å². The van der Waals surface area contributed by atoms with Crippen LogP contribution < -0.4 is 10.6 Å². The van der Waals surface area contributed by atoms with Gasteiger partial charge in [-0.3, -0.25) is 4.79 Å². The van der Waals surface area contributed by atoms with Crippen LogP contribution in [0.1, 0.15) is 82.1 Å². The van der Waals surface area contributed by atoms with Gasteiger partial charge in [0.25, 0.3) is 0 Å². The number of piperidine rings is 1. The maximum Gasteiger partial charge on any atom is 0.315 e. The predicted molar refractivity (Wildman–Crippen MR) is 126 cm³/mol. The summed E-state index contributed by atoms with van der Waals surface area (Å²) in [5.41, 5.74) is 2.52. The Bertz CT molecular complexity index is 919. The molecule has 4 fully saturated rings. The number of amides is 3. The molecule has 33 heavy (non-hydrogen) atoms. The van der Waals surface area contributed by atoms with Crippen LogP contribution >= 0.6 is 0 Å². The lowest BCUT2D eigenvalue weighted by atomic mass is 9.62. The van der Waals surface area contributed by atoms with Crippen molar-refractivity contribution in [1.29, 1.82) is 0 Å². The Morgan fingerprint density at radius 2 is 1.61 bits per heavy atom. The molecule has 2 heterocycles. The van der Waals surface area contributed by atoms with Crippen LogP contribution in [0.3, 0.4) is 0 Å². The van der Waals surface area contributed by atoms with Crippen molar-refractivity contribution in [3.05, 3.63) is 35.4 Å². The van der Waals surface area contributed by atoms with Gasteiger partial charge in [0, 0.05) is 45.2 Å². The summed E-state index contributed by atoms with van der Waals surface area (Å²) in [6.45, 7) is 2.79. The molecule has 178 valence electrons. The summed E-state index contributed by atoms with van der Waals surface area (Å²) >= 11 is 0. The largest absolute Gasteiger partial charge is 0.381 e. The second-order valence-corrected chi connectivity index (χ2v) is 11.1. The highest BCUT2D eigenvalue weighted by atomic mass is 16.5. The van der Waals surface area contributed by atoms with Crippen LogP contribution in [0, 0.1) is 11.8 Å². The van der Waals surface area contributed by atoms with Gasteiger partial charge in [-0.25, -0.2) is 4.79 Å². The molecule has 3 amide bonds. The maximum atomic E-state index is 13.2. The second kappa shape index (κ2) is 8.61. The van der Waals surface area contributed by atoms with Gasteiger partial charge in [-0.15, -0.1) is 0 Å². The molecule has 4 aliphatic carbocycles. The average molecular weight is 453 g/mol. The molecule has 1 aromatic carbocycles. The second-order valence-electron chi connectivity index (χ2n) is 11.1. The van der Waals surface area contributed by atoms with Crippen molar-refractivity contribution in [3.8, 4) is 0 Å². The molecule has 4 bridgehead atoms. The number of hydrogen-bond acceptors (Lipinski definition) is 3. The van der Waals surface area contributed by atoms with Crippen molar-refractivity contribution in [2.75, 3.05) is 26.3 Å². The van der Waals surface area contributed by atoms with Crippen LogP contribution in [0.4, 0.5) is 4.79 Å². The first-order chi connectivity index (χ1) is 16.4. The molecule has 2 saturated heterocycles. The number of likely N-dealkylation sites (tertiary alicyclic amines) is 1. The Morgan fingerprint density at radius 1 is 0.970 bits per heavy atom. The Hall–Kier alpha value is -2.08. The van der Waals surface area contributed by atoms with E-state index >= 15 is 0 Å². The SMILES string of the molecule is [2H]C12CC3CC(NC(=O)NC4CCN(C(=O)C5CCOCC5)CC4)(CC(C1)c1ccccc13)C2. The number of carbonyl (C=O) groups excluding carboxylic acids is 2. The lowest BCUT2D eigenvalue weighted by molar-refractivity contribution is -0.139. The number of nitrogens with zero attached hydrogens (tertiary/aromatic N) is 1. The molecule has 2 aliphatic heterocycles. The Balaban J connectivity index is 1.07. The average Bonchev–Trinajstić information content (AvgIpc) is 2.97. The van der Waals surface area contributed by atoms with Crippen molar-refractivity contribution < 1.29 is 15.7 Å². The summed E-state index contributed by atoms with van der Waals surface area (Å²) in [4.78, 5) is 28.0. The lowest BCUT2D eigenvalue weighted by Gasteiger charge is -2.49. The van der Waals surface area contributed by atoms with Gasteiger partial charge < -0.3 is 20.3 Å². The molecule has 0 spiro atoms. The summed E-state index contributed by atoms with van der Waals surface area (Å²) in [7, 11) is 0. The number of urea groups is 1. The number of benzene rings is 1. The molecular weight excluding hydrogens is 414 g/mol. The first kappa shape index (κ1) is 20.3. The van der Waals surface area contributed by atoms with Crippen LogP contribution in [-0.4, -0.2) is 54.7 Å². The number of hydrogen-bond donors (Lipinski definition) is 2. The van der Waals surface area contributed by atoms with Gasteiger partial charge in [0.1, 0.15) is 0 Å². The summed E-state index contributed by atoms with van der Waals surface area (Å²) in [5, 5.41) is 6.61. The Labute approximate surface area is 198 Å². The van der Waals surface area contributed by atoms with Crippen molar-refractivity contribution >= 4 is 11.9 Å². The Kier molecular flexibility index (Phi) is 5.30. The third kappa shape index (κ3) is 4.16. The minimum absolute atomic E-state index is 0.0937. The summed E-state index contributed by atoms with van der Waals surface area (Å²) < 4.78 is 14.6. The molecule has 1 aromatic rings. The van der Waals surface area contributed by atoms with Crippen molar-refractivity contribution in [1.82, 2.24) is 15.5 Å². The van der Waals surface area contributed by atoms with Crippen LogP contribution in [-0.2, 0) is 9.53 Å². The summed E-state index contributed by atoms with van der Waals surface area (Å²) in [6.07, 6.45) is 7.70. The monoisotopic (exact) mass is 452 g/mol. The fourth-order valence-electron chi connectivity index (χ4n) is 7.47. The van der Waals surface area contributed by atoms with E-state index < -0.39 is 5.89 Å². The normalized spacial score (nSPS) is 36.6. The van der Waals surface area contributed by atoms with E-state index in [2.05, 4.69) is 34.9 Å². The molecule has 7 rings (SSSR count). The molecule has 2 N–H and O–H groups in total. The maximum absolute atomic E-state index is 13.2. The number of ether oxygens (including phenoxy) is 1. The first-order valence-electron chi connectivity index (χ1n) is 13.5. The van der Waals surface area contributed by atoms with Gasteiger partial charge in [-0.05, 0) is 86.6 Å². The molecule has 2 atom stereocenters. The van der Waals surface area contributed by atoms with Crippen LogP contribution in [0.15, 0.2) is 24.3 Å². The number of carbonyl (C=O) groups is 2. The standard InChI is InChI=1S/C27H37N3O3/c31-25(19-7-11-33-12-8-19)30-9-5-22(6-10-30)28-26(32)29-27-15-18-13-20(16-27)23-3-1-2-4-24(23)21(14-18)17-27/h1-4,18-22H,5-17H2,(H2,28,29,32)/i18D. The quantitative estimate of drug-likeness (QED) is 0.730. The molecule has 6 aliphatic rings. The zero-order valence-electron chi connectivity index (χ0n) is 20.5. The van der Waals surface area contributed by atoms with E-state index in [1.54, 1.807) is 0 Å². The van der Waals surface area contributed by atoms with Gasteiger partial charge in [-0.1, -0.05) is 24.3 Å². The van der Waals surface area contributed by atoms with Crippen LogP contribution in [0.2, 0.25) is 0 Å².